The molecule has 2 heteroatoms. The third-order valence-corrected chi connectivity index (χ3v) is 2.82. The fourth-order valence-corrected chi connectivity index (χ4v) is 1.93. The van der Waals surface area contributed by atoms with Crippen LogP contribution < -0.4 is 5.32 Å². The van der Waals surface area contributed by atoms with Crippen LogP contribution in [0.15, 0.2) is 0 Å². The highest BCUT2D eigenvalue weighted by Crippen LogP contribution is 2.15. The van der Waals surface area contributed by atoms with E-state index >= 15 is 0 Å². The molecule has 0 spiro atoms. The van der Waals surface area contributed by atoms with Crippen molar-refractivity contribution in [2.45, 2.75) is 19.3 Å². The van der Waals surface area contributed by atoms with Crippen LogP contribution in [0, 0.1) is 5.92 Å². The van der Waals surface area contributed by atoms with Crippen LogP contribution in [-0.4, -0.2) is 25.1 Å². The van der Waals surface area contributed by atoms with Crippen molar-refractivity contribution in [2.24, 2.45) is 5.92 Å². The van der Waals surface area contributed by atoms with E-state index in [1.54, 1.807) is 0 Å². The van der Waals surface area contributed by atoms with Gasteiger partial charge in [-0.15, -0.1) is 0 Å². The van der Waals surface area contributed by atoms with Gasteiger partial charge in [0.1, 0.15) is 0 Å². The number of nitrogens with one attached hydrogen (secondary N) is 1. The molecular formula is C8H17NS. The predicted octanol–water partition coefficient (Wildman–Crippen LogP) is 1.74. The SMILES string of the molecule is CSCCCC1CCNC1. The molecule has 0 saturated carbocycles. The average Bonchev–Trinajstić information content (AvgIpc) is 2.41. The third kappa shape index (κ3) is 2.93. The third-order valence-electron chi connectivity index (χ3n) is 2.12. The first-order valence-electron chi connectivity index (χ1n) is 4.13. The first-order chi connectivity index (χ1) is 4.93. The molecular weight excluding hydrogens is 142 g/mol. The molecule has 1 atom stereocenters. The second-order valence-corrected chi connectivity index (χ2v) is 3.98. The van der Waals surface area contributed by atoms with Gasteiger partial charge in [-0.25, -0.2) is 0 Å². The van der Waals surface area contributed by atoms with E-state index in [-0.39, 0.29) is 0 Å². The summed E-state index contributed by atoms with van der Waals surface area (Å²) in [7, 11) is 0. The summed E-state index contributed by atoms with van der Waals surface area (Å²) in [5.74, 6) is 2.34. The minimum absolute atomic E-state index is 0.993. The molecule has 0 aliphatic carbocycles. The van der Waals surface area contributed by atoms with E-state index < -0.39 is 0 Å². The Balaban J connectivity index is 1.91. The summed E-state index contributed by atoms with van der Waals surface area (Å²) in [5, 5.41) is 3.39. The lowest BCUT2D eigenvalue weighted by Crippen LogP contribution is -2.08. The standard InChI is InChI=1S/C8H17NS/c1-10-6-2-3-8-4-5-9-7-8/h8-9H,2-7H2,1H3. The van der Waals surface area contributed by atoms with Crippen molar-refractivity contribution in [1.29, 1.82) is 0 Å². The number of hydrogen-bond acceptors (Lipinski definition) is 2. The Morgan fingerprint density at radius 1 is 1.60 bits per heavy atom. The number of rotatable bonds is 4. The summed E-state index contributed by atoms with van der Waals surface area (Å²) in [6.07, 6.45) is 6.45. The molecule has 60 valence electrons. The van der Waals surface area contributed by atoms with Crippen LogP contribution >= 0.6 is 11.8 Å². The van der Waals surface area contributed by atoms with Crippen LogP contribution in [0.3, 0.4) is 0 Å². The fourth-order valence-electron chi connectivity index (χ4n) is 1.48. The van der Waals surface area contributed by atoms with Crippen molar-refractivity contribution in [3.63, 3.8) is 0 Å². The van der Waals surface area contributed by atoms with Crippen LogP contribution in [0.2, 0.25) is 0 Å². The molecule has 0 amide bonds. The first kappa shape index (κ1) is 8.41. The van der Waals surface area contributed by atoms with Crippen LogP contribution in [0.1, 0.15) is 19.3 Å². The summed E-state index contributed by atoms with van der Waals surface area (Å²) in [5.41, 5.74) is 0. The van der Waals surface area contributed by atoms with Gasteiger partial charge in [0.2, 0.25) is 0 Å². The molecule has 1 fully saturated rings. The highest BCUT2D eigenvalue weighted by atomic mass is 32.2. The number of thioether (sulfide) groups is 1. The van der Waals surface area contributed by atoms with Gasteiger partial charge in [0.15, 0.2) is 0 Å². The van der Waals surface area contributed by atoms with Gasteiger partial charge in [-0.3, -0.25) is 0 Å². The smallest absolute Gasteiger partial charge is 0.00200 e. The Morgan fingerprint density at radius 3 is 3.10 bits per heavy atom. The zero-order valence-electron chi connectivity index (χ0n) is 6.73. The molecule has 0 radical (unpaired) electrons. The lowest BCUT2D eigenvalue weighted by atomic mass is 10.0. The second kappa shape index (κ2) is 5.03. The minimum Gasteiger partial charge on any atom is -0.316 e. The van der Waals surface area contributed by atoms with Crippen molar-refractivity contribution in [1.82, 2.24) is 5.32 Å². The maximum absolute atomic E-state index is 3.39. The summed E-state index contributed by atoms with van der Waals surface area (Å²) < 4.78 is 0. The van der Waals surface area contributed by atoms with Crippen LogP contribution in [0.5, 0.6) is 0 Å². The fraction of sp³-hybridized carbons (Fsp3) is 1.00. The van der Waals surface area contributed by atoms with Crippen LogP contribution in [0.4, 0.5) is 0 Å². The topological polar surface area (TPSA) is 12.0 Å². The molecule has 0 aromatic carbocycles. The van der Waals surface area contributed by atoms with E-state index in [0.29, 0.717) is 0 Å². The molecule has 1 N–H and O–H groups in total. The predicted molar refractivity (Wildman–Crippen MR) is 48.6 cm³/mol. The Morgan fingerprint density at radius 2 is 2.50 bits per heavy atom. The highest BCUT2D eigenvalue weighted by molar-refractivity contribution is 7.98. The minimum atomic E-state index is 0.993. The quantitative estimate of drug-likeness (QED) is 0.627. The first-order valence-corrected chi connectivity index (χ1v) is 5.52. The van der Waals surface area contributed by atoms with Crippen molar-refractivity contribution in [3.05, 3.63) is 0 Å². The van der Waals surface area contributed by atoms with E-state index in [1.807, 2.05) is 11.8 Å². The van der Waals surface area contributed by atoms with Crippen molar-refractivity contribution >= 4 is 11.8 Å². The molecule has 1 heterocycles. The molecule has 1 nitrogen and oxygen atoms in total. The zero-order chi connectivity index (χ0) is 7.23. The molecule has 0 aromatic rings. The lowest BCUT2D eigenvalue weighted by Gasteiger charge is -2.05. The average molecular weight is 159 g/mol. The Labute approximate surface area is 68.0 Å². The highest BCUT2D eigenvalue weighted by Gasteiger charge is 2.12. The molecule has 0 aromatic heterocycles. The zero-order valence-corrected chi connectivity index (χ0v) is 7.54. The van der Waals surface area contributed by atoms with Gasteiger partial charge in [0.05, 0.1) is 0 Å². The molecule has 1 aliphatic rings. The van der Waals surface area contributed by atoms with Gasteiger partial charge >= 0.3 is 0 Å². The van der Waals surface area contributed by atoms with Gasteiger partial charge in [0.25, 0.3) is 0 Å². The second-order valence-electron chi connectivity index (χ2n) is 2.99. The van der Waals surface area contributed by atoms with Gasteiger partial charge in [-0.05, 0) is 50.3 Å². The van der Waals surface area contributed by atoms with E-state index in [0.717, 1.165) is 5.92 Å². The Kier molecular flexibility index (Phi) is 4.23. The summed E-state index contributed by atoms with van der Waals surface area (Å²) in [6.45, 7) is 2.53. The molecule has 1 unspecified atom stereocenters. The largest absolute Gasteiger partial charge is 0.316 e. The molecule has 1 aliphatic heterocycles. The van der Waals surface area contributed by atoms with Gasteiger partial charge in [-0.1, -0.05) is 0 Å². The van der Waals surface area contributed by atoms with Gasteiger partial charge in [-0.2, -0.15) is 11.8 Å². The summed E-state index contributed by atoms with van der Waals surface area (Å²) in [6, 6.07) is 0. The van der Waals surface area contributed by atoms with Crippen molar-refractivity contribution in [3.8, 4) is 0 Å². The molecule has 1 rings (SSSR count). The summed E-state index contributed by atoms with van der Waals surface area (Å²) in [4.78, 5) is 0. The van der Waals surface area contributed by atoms with E-state index in [2.05, 4.69) is 11.6 Å². The van der Waals surface area contributed by atoms with E-state index in [4.69, 9.17) is 0 Å². The Bertz CT molecular complexity index is 79.3. The van der Waals surface area contributed by atoms with E-state index in [1.165, 1.54) is 38.1 Å². The Hall–Kier alpha value is 0.310. The van der Waals surface area contributed by atoms with Gasteiger partial charge < -0.3 is 5.32 Å². The molecule has 10 heavy (non-hydrogen) atoms. The van der Waals surface area contributed by atoms with Crippen molar-refractivity contribution < 1.29 is 0 Å². The maximum atomic E-state index is 3.39. The van der Waals surface area contributed by atoms with Crippen molar-refractivity contribution in [2.75, 3.05) is 25.1 Å². The van der Waals surface area contributed by atoms with Crippen LogP contribution in [0.25, 0.3) is 0 Å². The lowest BCUT2D eigenvalue weighted by molar-refractivity contribution is 0.527. The summed E-state index contributed by atoms with van der Waals surface area (Å²) >= 11 is 1.96. The molecule has 0 bridgehead atoms. The monoisotopic (exact) mass is 159 g/mol. The van der Waals surface area contributed by atoms with Gasteiger partial charge in [0, 0.05) is 0 Å². The molecule has 1 saturated heterocycles. The normalized spacial score (nSPS) is 25.5. The van der Waals surface area contributed by atoms with E-state index in [9.17, 15) is 0 Å². The number of hydrogen-bond donors (Lipinski definition) is 1. The maximum Gasteiger partial charge on any atom is -0.00200 e. The van der Waals surface area contributed by atoms with Crippen LogP contribution in [-0.2, 0) is 0 Å².